The van der Waals surface area contributed by atoms with Gasteiger partial charge in [0.1, 0.15) is 5.75 Å². The molecular formula is C17H25Cl2NO2. The van der Waals surface area contributed by atoms with Gasteiger partial charge in [0, 0.05) is 18.1 Å². The minimum atomic E-state index is -0.563. The minimum Gasteiger partial charge on any atom is -0.479 e. The molecule has 0 aliphatic heterocycles. The van der Waals surface area contributed by atoms with Gasteiger partial charge in [-0.05, 0) is 38.0 Å². The topological polar surface area (TPSA) is 29.5 Å². The normalized spacial score (nSPS) is 12.0. The Bertz CT molecular complexity index is 472. The summed E-state index contributed by atoms with van der Waals surface area (Å²) in [4.78, 5) is 14.5. The molecular weight excluding hydrogens is 321 g/mol. The molecule has 1 amide bonds. The molecule has 0 radical (unpaired) electrons. The lowest BCUT2D eigenvalue weighted by molar-refractivity contribution is -0.138. The van der Waals surface area contributed by atoms with Crippen LogP contribution in [-0.4, -0.2) is 30.0 Å². The van der Waals surface area contributed by atoms with E-state index in [1.54, 1.807) is 25.1 Å². The molecule has 0 saturated heterocycles. The summed E-state index contributed by atoms with van der Waals surface area (Å²) in [7, 11) is 0. The SMILES string of the molecule is CCCCN(CCCC)C(=O)C(C)Oc1ccc(Cl)cc1Cl. The molecule has 0 aliphatic carbocycles. The van der Waals surface area contributed by atoms with Crippen molar-refractivity contribution in [3.8, 4) is 5.75 Å². The van der Waals surface area contributed by atoms with Crippen molar-refractivity contribution in [2.24, 2.45) is 0 Å². The maximum Gasteiger partial charge on any atom is 0.263 e. The Morgan fingerprint density at radius 2 is 1.77 bits per heavy atom. The lowest BCUT2D eigenvalue weighted by atomic mass is 10.2. The Labute approximate surface area is 143 Å². The predicted octanol–water partition coefficient (Wildman–Crippen LogP) is 5.19. The second-order valence-corrected chi connectivity index (χ2v) is 6.21. The second kappa shape index (κ2) is 9.96. The monoisotopic (exact) mass is 345 g/mol. The molecule has 0 aromatic heterocycles. The van der Waals surface area contributed by atoms with Crippen molar-refractivity contribution in [2.75, 3.05) is 13.1 Å². The van der Waals surface area contributed by atoms with E-state index in [1.165, 1.54) is 0 Å². The number of carbonyl (C=O) groups is 1. The van der Waals surface area contributed by atoms with E-state index in [0.29, 0.717) is 15.8 Å². The summed E-state index contributed by atoms with van der Waals surface area (Å²) >= 11 is 12.0. The highest BCUT2D eigenvalue weighted by Gasteiger charge is 2.22. The summed E-state index contributed by atoms with van der Waals surface area (Å²) in [5, 5.41) is 0.963. The van der Waals surface area contributed by atoms with Gasteiger partial charge in [0.05, 0.1) is 5.02 Å². The number of halogens is 2. The Kier molecular flexibility index (Phi) is 8.66. The van der Waals surface area contributed by atoms with Gasteiger partial charge in [0.25, 0.3) is 5.91 Å². The maximum atomic E-state index is 12.6. The molecule has 0 fully saturated rings. The van der Waals surface area contributed by atoms with Crippen LogP contribution in [0.25, 0.3) is 0 Å². The number of carbonyl (C=O) groups excluding carboxylic acids is 1. The largest absolute Gasteiger partial charge is 0.479 e. The van der Waals surface area contributed by atoms with E-state index in [2.05, 4.69) is 13.8 Å². The third-order valence-electron chi connectivity index (χ3n) is 3.42. The zero-order valence-corrected chi connectivity index (χ0v) is 15.1. The van der Waals surface area contributed by atoms with Crippen LogP contribution in [0.2, 0.25) is 10.0 Å². The molecule has 1 aromatic carbocycles. The van der Waals surface area contributed by atoms with E-state index >= 15 is 0 Å². The van der Waals surface area contributed by atoms with Crippen LogP contribution in [0.3, 0.4) is 0 Å². The van der Waals surface area contributed by atoms with E-state index in [1.807, 2.05) is 4.90 Å². The molecule has 0 aliphatic rings. The molecule has 1 aromatic rings. The Morgan fingerprint density at radius 3 is 2.27 bits per heavy atom. The molecule has 3 nitrogen and oxygen atoms in total. The van der Waals surface area contributed by atoms with E-state index in [9.17, 15) is 4.79 Å². The summed E-state index contributed by atoms with van der Waals surface area (Å²) in [5.41, 5.74) is 0. The molecule has 0 saturated carbocycles. The zero-order chi connectivity index (χ0) is 16.5. The highest BCUT2D eigenvalue weighted by molar-refractivity contribution is 6.35. The zero-order valence-electron chi connectivity index (χ0n) is 13.6. The molecule has 0 heterocycles. The number of rotatable bonds is 9. The standard InChI is InChI=1S/C17H25Cl2NO2/c1-4-6-10-20(11-7-5-2)17(21)13(3)22-16-9-8-14(18)12-15(16)19/h8-9,12-13H,4-7,10-11H2,1-3H3. The van der Waals surface area contributed by atoms with Crippen LogP contribution in [0, 0.1) is 0 Å². The highest BCUT2D eigenvalue weighted by atomic mass is 35.5. The van der Waals surface area contributed by atoms with E-state index in [4.69, 9.17) is 27.9 Å². The molecule has 1 rings (SSSR count). The van der Waals surface area contributed by atoms with Crippen molar-refractivity contribution in [3.05, 3.63) is 28.2 Å². The summed E-state index contributed by atoms with van der Waals surface area (Å²) in [6.45, 7) is 7.55. The van der Waals surface area contributed by atoms with Crippen LogP contribution >= 0.6 is 23.2 Å². The molecule has 1 atom stereocenters. The Hall–Kier alpha value is -0.930. The van der Waals surface area contributed by atoms with Gasteiger partial charge in [-0.15, -0.1) is 0 Å². The average Bonchev–Trinajstić information content (AvgIpc) is 2.49. The number of ether oxygens (including phenoxy) is 1. The van der Waals surface area contributed by atoms with E-state index in [0.717, 1.165) is 38.8 Å². The Morgan fingerprint density at radius 1 is 1.18 bits per heavy atom. The molecule has 124 valence electrons. The summed E-state index contributed by atoms with van der Waals surface area (Å²) in [6, 6.07) is 5.00. The molecule has 5 heteroatoms. The third kappa shape index (κ3) is 6.05. The number of amides is 1. The Balaban J connectivity index is 2.70. The fourth-order valence-corrected chi connectivity index (χ4v) is 2.55. The fraction of sp³-hybridized carbons (Fsp3) is 0.588. The lowest BCUT2D eigenvalue weighted by Crippen LogP contribution is -2.41. The number of benzene rings is 1. The smallest absolute Gasteiger partial charge is 0.263 e. The summed E-state index contributed by atoms with van der Waals surface area (Å²) < 4.78 is 5.72. The summed E-state index contributed by atoms with van der Waals surface area (Å²) in [6.07, 6.45) is 3.57. The maximum absolute atomic E-state index is 12.6. The van der Waals surface area contributed by atoms with Crippen molar-refractivity contribution in [3.63, 3.8) is 0 Å². The lowest BCUT2D eigenvalue weighted by Gasteiger charge is -2.26. The predicted molar refractivity (Wildman–Crippen MR) is 92.9 cm³/mol. The van der Waals surface area contributed by atoms with Crippen LogP contribution in [0.1, 0.15) is 46.5 Å². The van der Waals surface area contributed by atoms with Gasteiger partial charge in [-0.1, -0.05) is 49.9 Å². The first kappa shape index (κ1) is 19.1. The summed E-state index contributed by atoms with van der Waals surface area (Å²) in [5.74, 6) is 0.491. The van der Waals surface area contributed by atoms with Crippen LogP contribution in [0.5, 0.6) is 5.75 Å². The van der Waals surface area contributed by atoms with Crippen molar-refractivity contribution < 1.29 is 9.53 Å². The first-order chi connectivity index (χ1) is 10.5. The fourth-order valence-electron chi connectivity index (χ4n) is 2.10. The molecule has 0 N–H and O–H groups in total. The molecule has 0 spiro atoms. The number of unbranched alkanes of at least 4 members (excludes halogenated alkanes) is 2. The average molecular weight is 346 g/mol. The van der Waals surface area contributed by atoms with Crippen LogP contribution in [0.15, 0.2) is 18.2 Å². The number of nitrogens with zero attached hydrogens (tertiary/aromatic N) is 1. The highest BCUT2D eigenvalue weighted by Crippen LogP contribution is 2.28. The molecule has 0 bridgehead atoms. The van der Waals surface area contributed by atoms with Gasteiger partial charge in [-0.3, -0.25) is 4.79 Å². The van der Waals surface area contributed by atoms with Gasteiger partial charge < -0.3 is 9.64 Å². The quantitative estimate of drug-likeness (QED) is 0.616. The van der Waals surface area contributed by atoms with Crippen molar-refractivity contribution in [1.82, 2.24) is 4.90 Å². The first-order valence-electron chi connectivity index (χ1n) is 7.90. The van der Waals surface area contributed by atoms with Gasteiger partial charge >= 0.3 is 0 Å². The van der Waals surface area contributed by atoms with Crippen molar-refractivity contribution in [1.29, 1.82) is 0 Å². The van der Waals surface area contributed by atoms with Crippen LogP contribution < -0.4 is 4.74 Å². The van der Waals surface area contributed by atoms with Gasteiger partial charge in [0.2, 0.25) is 0 Å². The van der Waals surface area contributed by atoms with Crippen LogP contribution in [-0.2, 0) is 4.79 Å². The number of hydrogen-bond donors (Lipinski definition) is 0. The van der Waals surface area contributed by atoms with E-state index in [-0.39, 0.29) is 5.91 Å². The minimum absolute atomic E-state index is 0.00733. The third-order valence-corrected chi connectivity index (χ3v) is 3.95. The van der Waals surface area contributed by atoms with E-state index < -0.39 is 6.10 Å². The van der Waals surface area contributed by atoms with Gasteiger partial charge in [0.15, 0.2) is 6.10 Å². The van der Waals surface area contributed by atoms with Gasteiger partial charge in [-0.2, -0.15) is 0 Å². The van der Waals surface area contributed by atoms with Crippen LogP contribution in [0.4, 0.5) is 0 Å². The second-order valence-electron chi connectivity index (χ2n) is 5.37. The first-order valence-corrected chi connectivity index (χ1v) is 8.65. The molecule has 1 unspecified atom stereocenters. The number of hydrogen-bond acceptors (Lipinski definition) is 2. The van der Waals surface area contributed by atoms with Gasteiger partial charge in [-0.25, -0.2) is 0 Å². The van der Waals surface area contributed by atoms with Crippen molar-refractivity contribution >= 4 is 29.1 Å². The van der Waals surface area contributed by atoms with Crippen molar-refractivity contribution in [2.45, 2.75) is 52.6 Å². The molecule has 22 heavy (non-hydrogen) atoms.